The largest absolute Gasteiger partial charge is 0.394 e. The lowest BCUT2D eigenvalue weighted by molar-refractivity contribution is -0.0432. The normalized spacial score (nSPS) is 24.0. The number of aromatic amines is 1. The van der Waals surface area contributed by atoms with Crippen molar-refractivity contribution in [2.45, 2.75) is 24.9 Å². The van der Waals surface area contributed by atoms with Gasteiger partial charge in [-0.25, -0.2) is 9.78 Å². The van der Waals surface area contributed by atoms with Gasteiger partial charge in [0.25, 0.3) is 5.56 Å². The highest BCUT2D eigenvalue weighted by molar-refractivity contribution is 5.87. The number of fused-ring (bicyclic) bond motifs is 1. The number of aliphatic hydroxyl groups is 2. The van der Waals surface area contributed by atoms with E-state index in [-0.39, 0.29) is 30.1 Å². The van der Waals surface area contributed by atoms with E-state index >= 15 is 0 Å². The minimum absolute atomic E-state index is 0.0409. The lowest BCUT2D eigenvalue weighted by Crippen LogP contribution is -2.27. The summed E-state index contributed by atoms with van der Waals surface area (Å²) in [5.41, 5.74) is -0.230. The van der Waals surface area contributed by atoms with Gasteiger partial charge in [0, 0.05) is 13.5 Å². The fourth-order valence-corrected chi connectivity index (χ4v) is 2.42. The molecule has 0 bridgehead atoms. The molecule has 0 saturated carbocycles. The molecule has 2 aromatic heterocycles. The van der Waals surface area contributed by atoms with Crippen molar-refractivity contribution in [1.82, 2.24) is 24.8 Å². The summed E-state index contributed by atoms with van der Waals surface area (Å²) in [7, 11) is 1.43. The van der Waals surface area contributed by atoms with Crippen LogP contribution in [-0.4, -0.2) is 61.6 Å². The third-order valence-electron chi connectivity index (χ3n) is 3.59. The standard InChI is InChI=1S/C12H16N6O5/c1-13-12(22)17-11-15-9-8(10(21)16-11)14-4-18(9)7-2-5(20)6(3-19)23-7/h4-7,19-20H,2-3H2,1H3,(H3,13,15,16,17,21,22)/t5-,6+,7+/m0/s1. The number of rotatable bonds is 3. The smallest absolute Gasteiger partial charge is 0.321 e. The zero-order valence-electron chi connectivity index (χ0n) is 12.2. The number of urea groups is 1. The molecule has 11 heteroatoms. The molecule has 1 aliphatic heterocycles. The minimum atomic E-state index is -0.826. The minimum Gasteiger partial charge on any atom is -0.394 e. The third kappa shape index (κ3) is 2.76. The van der Waals surface area contributed by atoms with E-state index in [2.05, 4.69) is 25.6 Å². The van der Waals surface area contributed by atoms with Crippen LogP contribution in [0.15, 0.2) is 11.1 Å². The first-order valence-electron chi connectivity index (χ1n) is 6.93. The van der Waals surface area contributed by atoms with Crippen molar-refractivity contribution in [1.29, 1.82) is 0 Å². The second-order valence-electron chi connectivity index (χ2n) is 5.06. The van der Waals surface area contributed by atoms with Crippen LogP contribution in [0.25, 0.3) is 11.2 Å². The molecule has 1 aliphatic rings. The Morgan fingerprint density at radius 3 is 3.04 bits per heavy atom. The van der Waals surface area contributed by atoms with Gasteiger partial charge in [0.05, 0.1) is 19.0 Å². The first-order valence-corrected chi connectivity index (χ1v) is 6.93. The summed E-state index contributed by atoms with van der Waals surface area (Å²) < 4.78 is 7.01. The average molecular weight is 324 g/mol. The van der Waals surface area contributed by atoms with E-state index in [9.17, 15) is 14.7 Å². The number of imidazole rings is 1. The highest BCUT2D eigenvalue weighted by atomic mass is 16.5. The van der Waals surface area contributed by atoms with Crippen LogP contribution >= 0.6 is 0 Å². The number of carbonyl (C=O) groups excluding carboxylic acids is 1. The molecule has 0 aliphatic carbocycles. The summed E-state index contributed by atoms with van der Waals surface area (Å²) in [6.45, 7) is -0.318. The van der Waals surface area contributed by atoms with Gasteiger partial charge in [-0.3, -0.25) is 19.7 Å². The molecule has 2 aromatic rings. The first-order chi connectivity index (χ1) is 11.0. The van der Waals surface area contributed by atoms with E-state index in [0.717, 1.165) is 0 Å². The fourth-order valence-electron chi connectivity index (χ4n) is 2.42. The molecule has 0 unspecified atom stereocenters. The lowest BCUT2D eigenvalue weighted by atomic mass is 10.2. The fraction of sp³-hybridized carbons (Fsp3) is 0.500. The summed E-state index contributed by atoms with van der Waals surface area (Å²) in [6.07, 6.45) is -0.554. The maximum atomic E-state index is 12.0. The topological polar surface area (TPSA) is 154 Å². The van der Waals surface area contributed by atoms with Crippen LogP contribution in [0.1, 0.15) is 12.6 Å². The molecular weight excluding hydrogens is 308 g/mol. The van der Waals surface area contributed by atoms with Crippen LogP contribution in [0.3, 0.4) is 0 Å². The molecule has 3 heterocycles. The number of hydrogen-bond acceptors (Lipinski definition) is 7. The SMILES string of the molecule is CNC(=O)Nc1nc2c(ncn2[C@H]2C[C@H](O)[C@@H](CO)O2)c(=O)[nH]1. The Kier molecular flexibility index (Phi) is 3.98. The summed E-state index contributed by atoms with van der Waals surface area (Å²) >= 11 is 0. The van der Waals surface area contributed by atoms with Crippen LogP contribution in [0.5, 0.6) is 0 Å². The Morgan fingerprint density at radius 1 is 1.61 bits per heavy atom. The lowest BCUT2D eigenvalue weighted by Gasteiger charge is -2.13. The predicted molar refractivity (Wildman–Crippen MR) is 77.8 cm³/mol. The van der Waals surface area contributed by atoms with Crippen molar-refractivity contribution >= 4 is 23.1 Å². The number of carbonyl (C=O) groups is 1. The molecule has 1 fully saturated rings. The number of nitrogens with one attached hydrogen (secondary N) is 3. The molecule has 0 spiro atoms. The van der Waals surface area contributed by atoms with Crippen molar-refractivity contribution in [3.05, 3.63) is 16.7 Å². The number of nitrogens with zero attached hydrogens (tertiary/aromatic N) is 3. The number of aliphatic hydroxyl groups excluding tert-OH is 2. The maximum Gasteiger partial charge on any atom is 0.321 e. The Balaban J connectivity index is 1.99. The van der Waals surface area contributed by atoms with Crippen LogP contribution in [0.4, 0.5) is 10.7 Å². The summed E-state index contributed by atoms with van der Waals surface area (Å²) in [6, 6.07) is -0.536. The van der Waals surface area contributed by atoms with E-state index < -0.39 is 30.0 Å². The van der Waals surface area contributed by atoms with Gasteiger partial charge in [-0.2, -0.15) is 4.98 Å². The molecule has 11 nitrogen and oxygen atoms in total. The molecule has 3 atom stereocenters. The van der Waals surface area contributed by atoms with Gasteiger partial charge in [-0.15, -0.1) is 0 Å². The molecule has 1 saturated heterocycles. The van der Waals surface area contributed by atoms with Gasteiger partial charge < -0.3 is 20.3 Å². The van der Waals surface area contributed by atoms with Crippen molar-refractivity contribution in [3.8, 4) is 0 Å². The number of hydrogen-bond donors (Lipinski definition) is 5. The molecule has 5 N–H and O–H groups in total. The quantitative estimate of drug-likeness (QED) is 0.461. The summed E-state index contributed by atoms with van der Waals surface area (Å²) in [4.78, 5) is 33.9. The van der Waals surface area contributed by atoms with Gasteiger partial charge in [0.2, 0.25) is 5.95 Å². The van der Waals surface area contributed by atoms with Crippen LogP contribution < -0.4 is 16.2 Å². The van der Waals surface area contributed by atoms with Crippen LogP contribution in [0.2, 0.25) is 0 Å². The van der Waals surface area contributed by atoms with E-state index in [1.165, 1.54) is 17.9 Å². The number of H-pyrrole nitrogens is 1. The molecule has 0 radical (unpaired) electrons. The van der Waals surface area contributed by atoms with Gasteiger partial charge >= 0.3 is 6.03 Å². The second kappa shape index (κ2) is 5.95. The predicted octanol–water partition coefficient (Wildman–Crippen LogP) is -1.49. The first kappa shape index (κ1) is 15.4. The number of aromatic nitrogens is 4. The monoisotopic (exact) mass is 324 g/mol. The Hall–Kier alpha value is -2.50. The summed E-state index contributed by atoms with van der Waals surface area (Å²) in [5, 5.41) is 23.7. The molecule has 23 heavy (non-hydrogen) atoms. The van der Waals surface area contributed by atoms with Gasteiger partial charge in [-0.1, -0.05) is 0 Å². The van der Waals surface area contributed by atoms with E-state index in [0.29, 0.717) is 0 Å². The van der Waals surface area contributed by atoms with E-state index in [1.54, 1.807) is 0 Å². The zero-order valence-corrected chi connectivity index (χ0v) is 12.2. The average Bonchev–Trinajstić information content (AvgIpc) is 3.10. The van der Waals surface area contributed by atoms with Crippen molar-refractivity contribution < 1.29 is 19.7 Å². The molecule has 0 aromatic carbocycles. The zero-order chi connectivity index (χ0) is 16.6. The van der Waals surface area contributed by atoms with Crippen molar-refractivity contribution in [2.24, 2.45) is 0 Å². The molecule has 124 valence electrons. The number of ether oxygens (including phenoxy) is 1. The maximum absolute atomic E-state index is 12.0. The number of amides is 2. The van der Waals surface area contributed by atoms with Gasteiger partial charge in [0.15, 0.2) is 11.2 Å². The van der Waals surface area contributed by atoms with E-state index in [4.69, 9.17) is 9.84 Å². The van der Waals surface area contributed by atoms with Gasteiger partial charge in [0.1, 0.15) is 12.3 Å². The number of anilines is 1. The molecular formula is C12H16N6O5. The summed E-state index contributed by atoms with van der Waals surface area (Å²) in [5.74, 6) is -0.0409. The molecule has 3 rings (SSSR count). The second-order valence-corrected chi connectivity index (χ2v) is 5.06. The van der Waals surface area contributed by atoms with Crippen LogP contribution in [0, 0.1) is 0 Å². The Morgan fingerprint density at radius 2 is 2.39 bits per heavy atom. The van der Waals surface area contributed by atoms with E-state index in [1.807, 2.05) is 0 Å². The van der Waals surface area contributed by atoms with Crippen molar-refractivity contribution in [3.63, 3.8) is 0 Å². The third-order valence-corrected chi connectivity index (χ3v) is 3.59. The highest BCUT2D eigenvalue weighted by Crippen LogP contribution is 2.30. The highest BCUT2D eigenvalue weighted by Gasteiger charge is 2.35. The Labute approximate surface area is 129 Å². The van der Waals surface area contributed by atoms with Gasteiger partial charge in [-0.05, 0) is 0 Å². The van der Waals surface area contributed by atoms with Crippen LogP contribution in [-0.2, 0) is 4.74 Å². The Bertz CT molecular complexity index is 786. The molecule has 2 amide bonds. The van der Waals surface area contributed by atoms with Crippen molar-refractivity contribution in [2.75, 3.05) is 19.0 Å².